The summed E-state index contributed by atoms with van der Waals surface area (Å²) in [7, 11) is 0. The molecule has 112 valence electrons. The van der Waals surface area contributed by atoms with E-state index in [0.29, 0.717) is 16.6 Å². The summed E-state index contributed by atoms with van der Waals surface area (Å²) in [5.41, 5.74) is 2.53. The monoisotopic (exact) mass is 333 g/mol. The molecule has 5 heteroatoms. The van der Waals surface area contributed by atoms with Gasteiger partial charge in [-0.15, -0.1) is 0 Å². The fraction of sp³-hybridized carbons (Fsp3) is 0.118. The van der Waals surface area contributed by atoms with Crippen LogP contribution in [0.2, 0.25) is 10.0 Å². The van der Waals surface area contributed by atoms with Gasteiger partial charge < -0.3 is 9.73 Å². The zero-order valence-electron chi connectivity index (χ0n) is 11.8. The third-order valence-electron chi connectivity index (χ3n) is 3.42. The van der Waals surface area contributed by atoms with E-state index in [2.05, 4.69) is 5.32 Å². The second kappa shape index (κ2) is 6.03. The molecule has 0 saturated carbocycles. The molecule has 0 aliphatic rings. The van der Waals surface area contributed by atoms with Crippen molar-refractivity contribution >= 4 is 40.1 Å². The number of amides is 1. The highest BCUT2D eigenvalue weighted by Gasteiger charge is 2.13. The Morgan fingerprint density at radius 1 is 1.18 bits per heavy atom. The third kappa shape index (κ3) is 2.96. The van der Waals surface area contributed by atoms with Gasteiger partial charge in [-0.25, -0.2) is 0 Å². The van der Waals surface area contributed by atoms with Crippen LogP contribution in [0.25, 0.3) is 11.0 Å². The molecule has 1 heterocycles. The van der Waals surface area contributed by atoms with Gasteiger partial charge >= 0.3 is 0 Å². The summed E-state index contributed by atoms with van der Waals surface area (Å²) in [6, 6.07) is 12.7. The number of aryl methyl sites for hydroxylation is 1. The molecule has 0 saturated heterocycles. The molecule has 22 heavy (non-hydrogen) atoms. The summed E-state index contributed by atoms with van der Waals surface area (Å²) in [6.45, 7) is 2.26. The Kier molecular flexibility index (Phi) is 4.10. The summed E-state index contributed by atoms with van der Waals surface area (Å²) in [5, 5.41) is 4.79. The number of benzene rings is 2. The Balaban J connectivity index is 1.77. The quantitative estimate of drug-likeness (QED) is 0.734. The maximum absolute atomic E-state index is 12.2. The molecule has 0 spiro atoms. The Bertz CT molecular complexity index is 855. The van der Waals surface area contributed by atoms with E-state index in [1.54, 1.807) is 24.3 Å². The summed E-state index contributed by atoms with van der Waals surface area (Å²) < 4.78 is 5.63. The average molecular weight is 334 g/mol. The molecular weight excluding hydrogens is 321 g/mol. The van der Waals surface area contributed by atoms with E-state index in [4.69, 9.17) is 27.6 Å². The number of carbonyl (C=O) groups excluding carboxylic acids is 1. The largest absolute Gasteiger partial charge is 0.451 e. The lowest BCUT2D eigenvalue weighted by molar-refractivity contribution is 0.0925. The van der Waals surface area contributed by atoms with Gasteiger partial charge in [0.15, 0.2) is 5.76 Å². The van der Waals surface area contributed by atoms with E-state index in [9.17, 15) is 4.79 Å². The average Bonchev–Trinajstić information content (AvgIpc) is 2.92. The van der Waals surface area contributed by atoms with Crippen molar-refractivity contribution in [2.45, 2.75) is 13.5 Å². The summed E-state index contributed by atoms with van der Waals surface area (Å²) in [5.74, 6) is 0.0102. The number of fused-ring (bicyclic) bond motifs is 1. The lowest BCUT2D eigenvalue weighted by atomic mass is 10.2. The summed E-state index contributed by atoms with van der Waals surface area (Å²) in [4.78, 5) is 12.2. The van der Waals surface area contributed by atoms with Gasteiger partial charge in [0.25, 0.3) is 5.91 Å². The van der Waals surface area contributed by atoms with Crippen molar-refractivity contribution in [3.05, 3.63) is 69.4 Å². The zero-order valence-corrected chi connectivity index (χ0v) is 13.3. The molecule has 0 fully saturated rings. The highest BCUT2D eigenvalue weighted by atomic mass is 35.5. The predicted octanol–water partition coefficient (Wildman–Crippen LogP) is 4.98. The van der Waals surface area contributed by atoms with Crippen LogP contribution in [0.15, 0.2) is 46.9 Å². The maximum atomic E-state index is 12.2. The first kappa shape index (κ1) is 14.9. The van der Waals surface area contributed by atoms with Crippen molar-refractivity contribution in [2.75, 3.05) is 0 Å². The van der Waals surface area contributed by atoms with Crippen LogP contribution in [0.5, 0.6) is 0 Å². The number of hydrogen-bond donors (Lipinski definition) is 1. The Morgan fingerprint density at radius 3 is 2.73 bits per heavy atom. The number of para-hydroxylation sites is 1. The van der Waals surface area contributed by atoms with Crippen LogP contribution in [0.4, 0.5) is 0 Å². The molecule has 0 aliphatic carbocycles. The number of carbonyl (C=O) groups is 1. The molecule has 2 aromatic carbocycles. The summed E-state index contributed by atoms with van der Waals surface area (Å²) >= 11 is 11.9. The third-order valence-corrected chi connectivity index (χ3v) is 4.01. The van der Waals surface area contributed by atoms with Crippen LogP contribution < -0.4 is 5.32 Å². The van der Waals surface area contributed by atoms with E-state index in [1.165, 1.54) is 0 Å². The fourth-order valence-corrected chi connectivity index (χ4v) is 2.72. The highest BCUT2D eigenvalue weighted by Crippen LogP contribution is 2.23. The topological polar surface area (TPSA) is 42.2 Å². The Labute approximate surface area is 137 Å². The second-order valence-electron chi connectivity index (χ2n) is 5.02. The van der Waals surface area contributed by atoms with E-state index in [0.717, 1.165) is 22.1 Å². The summed E-state index contributed by atoms with van der Waals surface area (Å²) in [6.07, 6.45) is 0. The highest BCUT2D eigenvalue weighted by molar-refractivity contribution is 6.35. The number of halogens is 2. The van der Waals surface area contributed by atoms with Crippen molar-refractivity contribution in [3.63, 3.8) is 0 Å². The first-order valence-corrected chi connectivity index (χ1v) is 7.51. The van der Waals surface area contributed by atoms with Gasteiger partial charge in [-0.1, -0.05) is 47.5 Å². The van der Waals surface area contributed by atoms with Crippen LogP contribution in [0.3, 0.4) is 0 Å². The van der Waals surface area contributed by atoms with E-state index in [1.807, 2.05) is 25.1 Å². The molecule has 1 amide bonds. The second-order valence-corrected chi connectivity index (χ2v) is 5.87. The van der Waals surface area contributed by atoms with E-state index < -0.39 is 0 Å². The predicted molar refractivity (Wildman–Crippen MR) is 88.6 cm³/mol. The minimum Gasteiger partial charge on any atom is -0.451 e. The van der Waals surface area contributed by atoms with E-state index in [-0.39, 0.29) is 11.7 Å². The van der Waals surface area contributed by atoms with Gasteiger partial charge in [-0.05, 0) is 36.2 Å². The van der Waals surface area contributed by atoms with Gasteiger partial charge in [0.05, 0.1) is 0 Å². The minimum atomic E-state index is -0.276. The van der Waals surface area contributed by atoms with Crippen molar-refractivity contribution in [3.8, 4) is 0 Å². The van der Waals surface area contributed by atoms with Crippen LogP contribution in [-0.2, 0) is 6.54 Å². The number of rotatable bonds is 3. The van der Waals surface area contributed by atoms with E-state index >= 15 is 0 Å². The van der Waals surface area contributed by atoms with Crippen molar-refractivity contribution in [1.82, 2.24) is 5.32 Å². The SMILES string of the molecule is Cc1cccc2cc(C(=O)NCc3ccc(Cl)cc3Cl)oc12. The van der Waals surface area contributed by atoms with Crippen LogP contribution in [0, 0.1) is 6.92 Å². The molecule has 0 radical (unpaired) electrons. The molecular formula is C17H13Cl2NO2. The molecule has 0 aliphatic heterocycles. The molecule has 1 N–H and O–H groups in total. The Hall–Kier alpha value is -1.97. The first-order chi connectivity index (χ1) is 10.5. The zero-order chi connectivity index (χ0) is 15.7. The molecule has 3 nitrogen and oxygen atoms in total. The van der Waals surface area contributed by atoms with Crippen LogP contribution in [0.1, 0.15) is 21.7 Å². The maximum Gasteiger partial charge on any atom is 0.287 e. The number of furan rings is 1. The van der Waals surface area contributed by atoms with Gasteiger partial charge in [0, 0.05) is 22.0 Å². The fourth-order valence-electron chi connectivity index (χ4n) is 2.25. The molecule has 0 bridgehead atoms. The normalized spacial score (nSPS) is 10.9. The van der Waals surface area contributed by atoms with Gasteiger partial charge in [0.2, 0.25) is 0 Å². The standard InChI is InChI=1S/C17H13Cl2NO2/c1-10-3-2-4-11-7-15(22-16(10)11)17(21)20-9-12-5-6-13(18)8-14(12)19/h2-8H,9H2,1H3,(H,20,21). The molecule has 0 unspecified atom stereocenters. The molecule has 3 aromatic rings. The van der Waals surface area contributed by atoms with Crippen LogP contribution >= 0.6 is 23.2 Å². The molecule has 1 aromatic heterocycles. The van der Waals surface area contributed by atoms with Gasteiger partial charge in [0.1, 0.15) is 5.58 Å². The smallest absolute Gasteiger partial charge is 0.287 e. The minimum absolute atomic E-state index is 0.276. The van der Waals surface area contributed by atoms with Gasteiger partial charge in [-0.2, -0.15) is 0 Å². The van der Waals surface area contributed by atoms with Crippen molar-refractivity contribution in [1.29, 1.82) is 0 Å². The Morgan fingerprint density at radius 2 is 2.00 bits per heavy atom. The lowest BCUT2D eigenvalue weighted by Gasteiger charge is -2.06. The first-order valence-electron chi connectivity index (χ1n) is 6.76. The van der Waals surface area contributed by atoms with Gasteiger partial charge in [-0.3, -0.25) is 4.79 Å². The molecule has 3 rings (SSSR count). The van der Waals surface area contributed by atoms with Crippen molar-refractivity contribution < 1.29 is 9.21 Å². The lowest BCUT2D eigenvalue weighted by Crippen LogP contribution is -2.22. The number of hydrogen-bond acceptors (Lipinski definition) is 2. The molecule has 0 atom stereocenters. The van der Waals surface area contributed by atoms with Crippen LogP contribution in [-0.4, -0.2) is 5.91 Å². The number of nitrogens with one attached hydrogen (secondary N) is 1. The van der Waals surface area contributed by atoms with Crippen molar-refractivity contribution in [2.24, 2.45) is 0 Å².